The Morgan fingerprint density at radius 1 is 0.700 bits per heavy atom. The smallest absolute Gasteiger partial charge is 0.338 e. The predicted octanol–water partition coefficient (Wildman–Crippen LogP) is 6.87. The first-order valence-corrected chi connectivity index (χ1v) is 13.6. The van der Waals surface area contributed by atoms with Crippen LogP contribution in [0.3, 0.4) is 0 Å². The first-order chi connectivity index (χ1) is 19.0. The standard InChI is InChI=1S/C32H34N4O4/c1-7-19-15(3)22-11-23-17(5)21(9-10-30(37)38)28(35-23)14-29-31(32(39)40)18(6)25(36-29)13-27-20(8-2)16(4)24(34-27)12-26(19)33-22/h11-14,33-34H,7-10H2,1-6H3,(H,37,38)(H,39,40). The molecule has 5 heterocycles. The third-order valence-electron chi connectivity index (χ3n) is 8.18. The summed E-state index contributed by atoms with van der Waals surface area (Å²) in [7, 11) is 0. The number of nitrogens with zero attached hydrogens (tertiary/aromatic N) is 2. The van der Waals surface area contributed by atoms with E-state index in [2.05, 4.69) is 43.7 Å². The number of fused-ring (bicyclic) bond motifs is 8. The Balaban J connectivity index is 1.96. The number of aliphatic carboxylic acids is 2. The molecule has 8 heteroatoms. The Labute approximate surface area is 232 Å². The number of nitrogens with one attached hydrogen (secondary N) is 2. The van der Waals surface area contributed by atoms with E-state index in [1.54, 1.807) is 13.0 Å². The number of aromatic nitrogens is 4. The maximum Gasteiger partial charge on any atom is 0.338 e. The lowest BCUT2D eigenvalue weighted by molar-refractivity contribution is -0.137. The fourth-order valence-corrected chi connectivity index (χ4v) is 5.89. The van der Waals surface area contributed by atoms with Crippen LogP contribution in [0.25, 0.3) is 44.4 Å². The molecule has 8 nitrogen and oxygen atoms in total. The first-order valence-electron chi connectivity index (χ1n) is 13.6. The lowest BCUT2D eigenvalue weighted by atomic mass is 10.00. The molecule has 2 aliphatic heterocycles. The number of carboxylic acid groups (broad SMARTS) is 2. The van der Waals surface area contributed by atoms with Crippen LogP contribution in [0, 0.1) is 13.8 Å². The maximum absolute atomic E-state index is 12.4. The molecule has 2 aliphatic rings. The van der Waals surface area contributed by atoms with Crippen LogP contribution in [0.15, 0.2) is 24.3 Å². The summed E-state index contributed by atoms with van der Waals surface area (Å²) >= 11 is 0. The zero-order chi connectivity index (χ0) is 28.9. The molecule has 3 aromatic rings. The van der Waals surface area contributed by atoms with E-state index >= 15 is 0 Å². The molecule has 0 atom stereocenters. The molecule has 40 heavy (non-hydrogen) atoms. The van der Waals surface area contributed by atoms with Gasteiger partial charge >= 0.3 is 11.9 Å². The number of hydrogen-bond acceptors (Lipinski definition) is 4. The molecular weight excluding hydrogens is 504 g/mol. The molecule has 0 fully saturated rings. The van der Waals surface area contributed by atoms with Crippen molar-refractivity contribution in [2.24, 2.45) is 0 Å². The van der Waals surface area contributed by atoms with Gasteiger partial charge in [0.05, 0.1) is 28.3 Å². The molecule has 0 spiro atoms. The van der Waals surface area contributed by atoms with E-state index in [1.807, 2.05) is 19.1 Å². The van der Waals surface area contributed by atoms with Crippen molar-refractivity contribution in [3.63, 3.8) is 0 Å². The highest BCUT2D eigenvalue weighted by Crippen LogP contribution is 2.37. The van der Waals surface area contributed by atoms with E-state index < -0.39 is 11.9 Å². The van der Waals surface area contributed by atoms with Gasteiger partial charge in [0.2, 0.25) is 0 Å². The number of aromatic amines is 2. The molecule has 3 aromatic heterocycles. The van der Waals surface area contributed by atoms with E-state index in [4.69, 9.17) is 9.97 Å². The lowest BCUT2D eigenvalue weighted by Gasteiger charge is -2.03. The Morgan fingerprint density at radius 2 is 1.23 bits per heavy atom. The minimum Gasteiger partial charge on any atom is -0.481 e. The lowest BCUT2D eigenvalue weighted by Crippen LogP contribution is -1.99. The molecule has 0 radical (unpaired) electrons. The molecule has 206 valence electrons. The summed E-state index contributed by atoms with van der Waals surface area (Å²) in [6.45, 7) is 12.2. The van der Waals surface area contributed by atoms with Gasteiger partial charge in [0.25, 0.3) is 0 Å². The molecule has 8 bridgehead atoms. The second kappa shape index (κ2) is 10.3. The number of hydrogen-bond donors (Lipinski definition) is 4. The number of carbonyl (C=O) groups is 2. The summed E-state index contributed by atoms with van der Waals surface area (Å²) in [6.07, 6.45) is 1.89. The summed E-state index contributed by atoms with van der Waals surface area (Å²) in [5.41, 5.74) is 13.0. The van der Waals surface area contributed by atoms with Crippen molar-refractivity contribution >= 4 is 56.3 Å². The van der Waals surface area contributed by atoms with E-state index in [-0.39, 0.29) is 18.4 Å². The first kappa shape index (κ1) is 27.1. The van der Waals surface area contributed by atoms with Crippen molar-refractivity contribution < 1.29 is 19.8 Å². The van der Waals surface area contributed by atoms with Gasteiger partial charge in [-0.15, -0.1) is 0 Å². The van der Waals surface area contributed by atoms with Gasteiger partial charge in [-0.3, -0.25) is 4.79 Å². The quantitative estimate of drug-likeness (QED) is 0.271. The molecule has 0 saturated heterocycles. The van der Waals surface area contributed by atoms with Crippen LogP contribution in [-0.4, -0.2) is 42.1 Å². The molecule has 0 saturated carbocycles. The number of allylic oxidation sites excluding steroid dienone is 3. The topological polar surface area (TPSA) is 132 Å². The zero-order valence-corrected chi connectivity index (χ0v) is 23.7. The van der Waals surface area contributed by atoms with Gasteiger partial charge in [0, 0.05) is 28.5 Å². The van der Waals surface area contributed by atoms with Crippen LogP contribution in [0.5, 0.6) is 0 Å². The molecule has 0 amide bonds. The highest BCUT2D eigenvalue weighted by Gasteiger charge is 2.25. The van der Waals surface area contributed by atoms with Gasteiger partial charge in [0.1, 0.15) is 0 Å². The normalized spacial score (nSPS) is 13.3. The summed E-state index contributed by atoms with van der Waals surface area (Å²) < 4.78 is 0. The zero-order valence-electron chi connectivity index (χ0n) is 23.7. The van der Waals surface area contributed by atoms with Gasteiger partial charge in [-0.05, 0) is 110 Å². The van der Waals surface area contributed by atoms with Gasteiger partial charge < -0.3 is 20.2 Å². The summed E-state index contributed by atoms with van der Waals surface area (Å²) in [5, 5.41) is 19.5. The number of carboxylic acids is 2. The molecule has 0 aromatic carbocycles. The molecular formula is C32H34N4O4. The van der Waals surface area contributed by atoms with E-state index in [9.17, 15) is 19.8 Å². The van der Waals surface area contributed by atoms with Gasteiger partial charge in [-0.1, -0.05) is 13.8 Å². The van der Waals surface area contributed by atoms with Crippen LogP contribution >= 0.6 is 0 Å². The minimum absolute atomic E-state index is 0.0558. The van der Waals surface area contributed by atoms with Gasteiger partial charge in [-0.25, -0.2) is 14.8 Å². The minimum atomic E-state index is -1.07. The van der Waals surface area contributed by atoms with Crippen LogP contribution < -0.4 is 0 Å². The van der Waals surface area contributed by atoms with Crippen molar-refractivity contribution in [1.29, 1.82) is 0 Å². The monoisotopic (exact) mass is 538 g/mol. The Bertz CT molecular complexity index is 1820. The third kappa shape index (κ3) is 4.53. The fraction of sp³-hybridized carbons (Fsp3) is 0.312. The molecule has 5 rings (SSSR count). The van der Waals surface area contributed by atoms with Crippen LogP contribution in [0.1, 0.15) is 85.6 Å². The average molecular weight is 539 g/mol. The fourth-order valence-electron chi connectivity index (χ4n) is 5.89. The number of H-pyrrole nitrogens is 2. The second-order valence-electron chi connectivity index (χ2n) is 10.5. The van der Waals surface area contributed by atoms with Crippen LogP contribution in [-0.2, 0) is 22.4 Å². The Hall–Kier alpha value is -4.46. The van der Waals surface area contributed by atoms with E-state index in [0.717, 1.165) is 68.4 Å². The van der Waals surface area contributed by atoms with Crippen molar-refractivity contribution in [2.75, 3.05) is 0 Å². The van der Waals surface area contributed by atoms with E-state index in [0.29, 0.717) is 22.7 Å². The predicted molar refractivity (Wildman–Crippen MR) is 159 cm³/mol. The maximum atomic E-state index is 12.4. The van der Waals surface area contributed by atoms with Crippen molar-refractivity contribution in [3.8, 4) is 0 Å². The molecule has 0 unspecified atom stereocenters. The highest BCUT2D eigenvalue weighted by atomic mass is 16.4. The molecule has 0 aliphatic carbocycles. The Morgan fingerprint density at radius 3 is 1.80 bits per heavy atom. The molecule has 4 N–H and O–H groups in total. The van der Waals surface area contributed by atoms with Gasteiger partial charge in [0.15, 0.2) is 0 Å². The number of rotatable bonds is 6. The van der Waals surface area contributed by atoms with Crippen LogP contribution in [0.4, 0.5) is 0 Å². The Kier molecular flexibility index (Phi) is 6.96. The highest BCUT2D eigenvalue weighted by molar-refractivity contribution is 6.24. The van der Waals surface area contributed by atoms with Gasteiger partial charge in [-0.2, -0.15) is 0 Å². The largest absolute Gasteiger partial charge is 0.481 e. The van der Waals surface area contributed by atoms with Crippen molar-refractivity contribution in [2.45, 2.75) is 67.2 Å². The van der Waals surface area contributed by atoms with Crippen molar-refractivity contribution in [1.82, 2.24) is 19.9 Å². The van der Waals surface area contributed by atoms with E-state index in [1.165, 1.54) is 5.56 Å². The van der Waals surface area contributed by atoms with Crippen molar-refractivity contribution in [3.05, 3.63) is 69.3 Å². The average Bonchev–Trinajstić information content (AvgIpc) is 3.55. The van der Waals surface area contributed by atoms with Crippen LogP contribution in [0.2, 0.25) is 0 Å². The summed E-state index contributed by atoms with van der Waals surface area (Å²) in [4.78, 5) is 40.6. The third-order valence-corrected chi connectivity index (χ3v) is 8.18. The number of aryl methyl sites for hydroxylation is 4. The second-order valence-corrected chi connectivity index (χ2v) is 10.5. The summed E-state index contributed by atoms with van der Waals surface area (Å²) in [6, 6.07) is 7.75. The SMILES string of the molecule is CCc1c(C)c2cc3[nH]c(cc4nc(cc5nc(cc1[nH]2)C(C)=C5C(=O)O)C(CCC(=O)O)=C4C)c(C)c3CC. The summed E-state index contributed by atoms with van der Waals surface area (Å²) in [5.74, 6) is -1.97.